The summed E-state index contributed by atoms with van der Waals surface area (Å²) < 4.78 is 53.4. The van der Waals surface area contributed by atoms with Crippen molar-refractivity contribution >= 4 is 27.6 Å². The lowest BCUT2D eigenvalue weighted by atomic mass is 10.2. The number of rotatable bonds is 4. The van der Waals surface area contributed by atoms with Gasteiger partial charge in [0.05, 0.1) is 4.90 Å². The fraction of sp³-hybridized carbons (Fsp3) is 0.222. The number of carbonyl (C=O) groups is 2. The number of nitrogens with zero attached hydrogens (tertiary/aromatic N) is 1. The van der Waals surface area contributed by atoms with Crippen LogP contribution in [0.1, 0.15) is 23.2 Å². The van der Waals surface area contributed by atoms with Gasteiger partial charge in [0, 0.05) is 18.8 Å². The zero-order valence-corrected chi connectivity index (χ0v) is 15.4. The summed E-state index contributed by atoms with van der Waals surface area (Å²) in [7, 11) is -3.58. The summed E-state index contributed by atoms with van der Waals surface area (Å²) in [6, 6.07) is 7.27. The first-order chi connectivity index (χ1) is 13.3. The van der Waals surface area contributed by atoms with Crippen molar-refractivity contribution in [3.05, 3.63) is 59.7 Å². The molecule has 2 N–H and O–H groups in total. The minimum atomic E-state index is -3.58. The molecular weight excluding hydrogens is 392 g/mol. The number of imide groups is 1. The van der Waals surface area contributed by atoms with Gasteiger partial charge in [0.15, 0.2) is 0 Å². The number of benzene rings is 2. The molecule has 148 valence electrons. The number of carbonyl (C=O) groups excluding carboxylic acids is 2. The van der Waals surface area contributed by atoms with E-state index in [0.29, 0.717) is 13.1 Å². The predicted molar refractivity (Wildman–Crippen MR) is 97.3 cm³/mol. The average molecular weight is 409 g/mol. The maximum Gasteiger partial charge on any atom is 0.326 e. The Labute approximate surface area is 160 Å². The third-order valence-electron chi connectivity index (χ3n) is 4.23. The Morgan fingerprint density at radius 1 is 0.929 bits per heavy atom. The first kappa shape index (κ1) is 19.9. The Kier molecular flexibility index (Phi) is 5.71. The van der Waals surface area contributed by atoms with Gasteiger partial charge >= 0.3 is 6.03 Å². The van der Waals surface area contributed by atoms with E-state index in [9.17, 15) is 26.8 Å². The summed E-state index contributed by atoms with van der Waals surface area (Å²) in [6.45, 7) is 0.943. The first-order valence-corrected chi connectivity index (χ1v) is 9.89. The Balaban J connectivity index is 1.65. The van der Waals surface area contributed by atoms with Gasteiger partial charge in [-0.1, -0.05) is 6.07 Å². The Bertz CT molecular complexity index is 984. The molecule has 0 unspecified atom stereocenters. The summed E-state index contributed by atoms with van der Waals surface area (Å²) in [4.78, 5) is 23.9. The zero-order valence-electron chi connectivity index (χ0n) is 14.6. The lowest BCUT2D eigenvalue weighted by molar-refractivity contribution is 0.0959. The molecule has 1 heterocycles. The Hall–Kier alpha value is -2.85. The van der Waals surface area contributed by atoms with Gasteiger partial charge in [0.1, 0.15) is 17.2 Å². The molecule has 2 aromatic carbocycles. The molecule has 3 amide bonds. The van der Waals surface area contributed by atoms with Crippen LogP contribution in [0, 0.1) is 11.6 Å². The van der Waals surface area contributed by atoms with Crippen LogP contribution in [0.15, 0.2) is 47.4 Å². The van der Waals surface area contributed by atoms with Crippen molar-refractivity contribution in [2.75, 3.05) is 18.4 Å². The van der Waals surface area contributed by atoms with E-state index in [1.807, 2.05) is 5.32 Å². The van der Waals surface area contributed by atoms with E-state index in [1.165, 1.54) is 28.6 Å². The highest BCUT2D eigenvalue weighted by Crippen LogP contribution is 2.22. The maximum atomic E-state index is 13.6. The third-order valence-corrected chi connectivity index (χ3v) is 6.14. The van der Waals surface area contributed by atoms with Crippen LogP contribution in [-0.4, -0.2) is 37.8 Å². The second-order valence-corrected chi connectivity index (χ2v) is 8.08. The Morgan fingerprint density at radius 3 is 2.07 bits per heavy atom. The molecule has 0 saturated carbocycles. The molecule has 0 aliphatic carbocycles. The summed E-state index contributed by atoms with van der Waals surface area (Å²) in [5, 5.41) is 4.13. The van der Waals surface area contributed by atoms with Gasteiger partial charge in [-0.05, 0) is 49.2 Å². The normalized spacial score (nSPS) is 14.6. The van der Waals surface area contributed by atoms with E-state index in [0.717, 1.165) is 31.0 Å². The average Bonchev–Trinajstić information content (AvgIpc) is 3.17. The molecule has 0 bridgehead atoms. The minimum Gasteiger partial charge on any atom is -0.308 e. The number of nitrogens with one attached hydrogen (secondary N) is 2. The van der Waals surface area contributed by atoms with Crippen molar-refractivity contribution < 1.29 is 26.8 Å². The van der Waals surface area contributed by atoms with Crippen molar-refractivity contribution in [2.24, 2.45) is 0 Å². The SMILES string of the molecule is O=C(NC(=O)c1c(F)cccc1F)Nc1ccc(S(=O)(=O)N2CCCC2)cc1. The molecule has 7 nitrogen and oxygen atoms in total. The lowest BCUT2D eigenvalue weighted by Crippen LogP contribution is -2.35. The molecule has 2 aromatic rings. The van der Waals surface area contributed by atoms with E-state index < -0.39 is 39.2 Å². The fourth-order valence-corrected chi connectivity index (χ4v) is 4.35. The quantitative estimate of drug-likeness (QED) is 0.812. The molecule has 1 fully saturated rings. The van der Waals surface area contributed by atoms with Crippen LogP contribution in [0.5, 0.6) is 0 Å². The van der Waals surface area contributed by atoms with Crippen molar-refractivity contribution in [1.82, 2.24) is 9.62 Å². The van der Waals surface area contributed by atoms with E-state index in [1.54, 1.807) is 0 Å². The smallest absolute Gasteiger partial charge is 0.308 e. The number of hydrogen-bond donors (Lipinski definition) is 2. The number of amides is 3. The molecule has 1 aliphatic heterocycles. The highest BCUT2D eigenvalue weighted by molar-refractivity contribution is 7.89. The van der Waals surface area contributed by atoms with Crippen LogP contribution in [0.2, 0.25) is 0 Å². The Morgan fingerprint density at radius 2 is 1.50 bits per heavy atom. The number of halogens is 2. The van der Waals surface area contributed by atoms with Gasteiger partial charge < -0.3 is 5.32 Å². The van der Waals surface area contributed by atoms with Crippen molar-refractivity contribution in [2.45, 2.75) is 17.7 Å². The van der Waals surface area contributed by atoms with Gasteiger partial charge in [-0.3, -0.25) is 10.1 Å². The van der Waals surface area contributed by atoms with E-state index in [4.69, 9.17) is 0 Å². The second-order valence-electron chi connectivity index (χ2n) is 6.14. The molecule has 0 aromatic heterocycles. The molecule has 0 atom stereocenters. The predicted octanol–water partition coefficient (Wildman–Crippen LogP) is 2.71. The number of sulfonamides is 1. The van der Waals surface area contributed by atoms with E-state index >= 15 is 0 Å². The monoisotopic (exact) mass is 409 g/mol. The molecule has 28 heavy (non-hydrogen) atoms. The molecule has 1 saturated heterocycles. The topological polar surface area (TPSA) is 95.6 Å². The summed E-state index contributed by atoms with van der Waals surface area (Å²) in [5.74, 6) is -3.43. The highest BCUT2D eigenvalue weighted by atomic mass is 32.2. The lowest BCUT2D eigenvalue weighted by Gasteiger charge is -2.15. The van der Waals surface area contributed by atoms with Gasteiger partial charge in [0.2, 0.25) is 10.0 Å². The second kappa shape index (κ2) is 8.03. The van der Waals surface area contributed by atoms with Gasteiger partial charge in [-0.2, -0.15) is 4.31 Å². The van der Waals surface area contributed by atoms with Crippen LogP contribution in [0.25, 0.3) is 0 Å². The number of hydrogen-bond acceptors (Lipinski definition) is 4. The van der Waals surface area contributed by atoms with Gasteiger partial charge in [-0.15, -0.1) is 0 Å². The fourth-order valence-electron chi connectivity index (χ4n) is 2.83. The van der Waals surface area contributed by atoms with Crippen LogP contribution >= 0.6 is 0 Å². The largest absolute Gasteiger partial charge is 0.326 e. The molecule has 1 aliphatic rings. The maximum absolute atomic E-state index is 13.6. The zero-order chi connectivity index (χ0) is 20.3. The standard InChI is InChI=1S/C18H17F2N3O4S/c19-14-4-3-5-15(20)16(14)17(24)22-18(25)21-12-6-8-13(9-7-12)28(26,27)23-10-1-2-11-23/h3-9H,1-2,10-11H2,(H2,21,22,24,25). The highest BCUT2D eigenvalue weighted by Gasteiger charge is 2.27. The van der Waals surface area contributed by atoms with Crippen LogP contribution in [0.4, 0.5) is 19.3 Å². The van der Waals surface area contributed by atoms with Crippen molar-refractivity contribution in [3.8, 4) is 0 Å². The van der Waals surface area contributed by atoms with Crippen molar-refractivity contribution in [3.63, 3.8) is 0 Å². The molecular formula is C18H17F2N3O4S. The van der Waals surface area contributed by atoms with Gasteiger partial charge in [0.25, 0.3) is 5.91 Å². The van der Waals surface area contributed by atoms with Crippen LogP contribution in [-0.2, 0) is 10.0 Å². The summed E-state index contributed by atoms with van der Waals surface area (Å²) in [6.07, 6.45) is 1.63. The molecule has 0 radical (unpaired) electrons. The van der Waals surface area contributed by atoms with E-state index in [2.05, 4.69) is 5.32 Å². The number of urea groups is 1. The van der Waals surface area contributed by atoms with Crippen LogP contribution in [0.3, 0.4) is 0 Å². The van der Waals surface area contributed by atoms with Crippen molar-refractivity contribution in [1.29, 1.82) is 0 Å². The van der Waals surface area contributed by atoms with Crippen LogP contribution < -0.4 is 10.6 Å². The summed E-state index contributed by atoms with van der Waals surface area (Å²) in [5.41, 5.74) is -0.663. The third kappa shape index (κ3) is 4.18. The minimum absolute atomic E-state index is 0.0878. The molecule has 0 spiro atoms. The summed E-state index contributed by atoms with van der Waals surface area (Å²) >= 11 is 0. The molecule has 3 rings (SSSR count). The molecule has 10 heteroatoms. The first-order valence-electron chi connectivity index (χ1n) is 8.45. The number of anilines is 1. The van der Waals surface area contributed by atoms with Gasteiger partial charge in [-0.25, -0.2) is 22.0 Å². The van der Waals surface area contributed by atoms with E-state index in [-0.39, 0.29) is 10.6 Å².